The van der Waals surface area contributed by atoms with Gasteiger partial charge in [-0.15, -0.1) is 0 Å². The minimum atomic E-state index is 0.694. The van der Waals surface area contributed by atoms with Gasteiger partial charge in [-0.2, -0.15) is 0 Å². The van der Waals surface area contributed by atoms with E-state index in [1.54, 1.807) is 0 Å². The van der Waals surface area contributed by atoms with E-state index in [0.717, 1.165) is 12.5 Å². The topological polar surface area (TPSA) is 24.1 Å². The maximum atomic E-state index is 3.45. The van der Waals surface area contributed by atoms with Crippen LogP contribution in [0.5, 0.6) is 0 Å². The lowest BCUT2D eigenvalue weighted by molar-refractivity contribution is 0.408. The Morgan fingerprint density at radius 1 is 1.27 bits per heavy atom. The minimum absolute atomic E-state index is 0.694. The number of hydrogen-bond donors (Lipinski definition) is 2. The van der Waals surface area contributed by atoms with E-state index < -0.39 is 0 Å². The van der Waals surface area contributed by atoms with Gasteiger partial charge in [0.15, 0.2) is 0 Å². The molecule has 2 N–H and O–H groups in total. The van der Waals surface area contributed by atoms with Crippen molar-refractivity contribution < 1.29 is 0 Å². The molecule has 1 heterocycles. The smallest absolute Gasteiger partial charge is 0.00794 e. The van der Waals surface area contributed by atoms with Crippen LogP contribution in [0, 0.1) is 5.92 Å². The highest BCUT2D eigenvalue weighted by Gasteiger charge is 2.19. The van der Waals surface area contributed by atoms with Gasteiger partial charge in [-0.25, -0.2) is 0 Å². The van der Waals surface area contributed by atoms with Gasteiger partial charge in [-0.05, 0) is 38.9 Å². The summed E-state index contributed by atoms with van der Waals surface area (Å²) >= 11 is 0. The second-order valence-electron chi connectivity index (χ2n) is 3.81. The van der Waals surface area contributed by atoms with Crippen LogP contribution in [0.4, 0.5) is 0 Å². The van der Waals surface area contributed by atoms with E-state index in [2.05, 4.69) is 38.3 Å². The van der Waals surface area contributed by atoms with E-state index >= 15 is 0 Å². The zero-order valence-corrected chi connectivity index (χ0v) is 11.7. The first-order chi connectivity index (χ1) is 7.26. The molecule has 2 unspecified atom stereocenters. The molecule has 2 atom stereocenters. The predicted molar refractivity (Wildman–Crippen MR) is 71.4 cm³/mol. The highest BCUT2D eigenvalue weighted by atomic mass is 15.0. The monoisotopic (exact) mass is 216 g/mol. The molecular weight excluding hydrogens is 184 g/mol. The van der Waals surface area contributed by atoms with Crippen LogP contribution in [0.15, 0.2) is 0 Å². The lowest BCUT2D eigenvalue weighted by atomic mass is 10.0. The summed E-state index contributed by atoms with van der Waals surface area (Å²) < 4.78 is 0. The molecule has 15 heavy (non-hydrogen) atoms. The molecule has 0 bridgehead atoms. The van der Waals surface area contributed by atoms with E-state index in [0.29, 0.717) is 6.04 Å². The molecule has 1 fully saturated rings. The van der Waals surface area contributed by atoms with Gasteiger partial charge in [0.25, 0.3) is 0 Å². The van der Waals surface area contributed by atoms with Gasteiger partial charge in [0.05, 0.1) is 0 Å². The van der Waals surface area contributed by atoms with Gasteiger partial charge in [0.1, 0.15) is 0 Å². The van der Waals surface area contributed by atoms with Crippen molar-refractivity contribution in [1.82, 2.24) is 10.6 Å². The molecule has 1 saturated heterocycles. The number of hydrogen-bond acceptors (Lipinski definition) is 2. The Hall–Kier alpha value is -0.0800. The van der Waals surface area contributed by atoms with Crippen LogP contribution in [0.2, 0.25) is 0 Å². The van der Waals surface area contributed by atoms with Crippen molar-refractivity contribution in [2.75, 3.05) is 19.6 Å². The molecule has 2 heteroatoms. The summed E-state index contributed by atoms with van der Waals surface area (Å²) in [6.45, 7) is 16.2. The van der Waals surface area contributed by atoms with Crippen LogP contribution in [-0.2, 0) is 0 Å². The van der Waals surface area contributed by atoms with E-state index in [1.165, 1.54) is 25.9 Å². The average molecular weight is 216 g/mol. The molecule has 2 nitrogen and oxygen atoms in total. The summed E-state index contributed by atoms with van der Waals surface area (Å²) in [5.41, 5.74) is 0. The van der Waals surface area contributed by atoms with Crippen LogP contribution in [0.3, 0.4) is 0 Å². The summed E-state index contributed by atoms with van der Waals surface area (Å²) in [6, 6.07) is 0.694. The zero-order valence-electron chi connectivity index (χ0n) is 11.7. The molecule has 0 aromatic heterocycles. The maximum absolute atomic E-state index is 3.45. The van der Waals surface area contributed by atoms with Crippen molar-refractivity contribution in [3.05, 3.63) is 0 Å². The van der Waals surface area contributed by atoms with E-state index in [4.69, 9.17) is 0 Å². The molecule has 0 spiro atoms. The second kappa shape index (κ2) is 13.9. The van der Waals surface area contributed by atoms with Crippen molar-refractivity contribution in [1.29, 1.82) is 0 Å². The Balaban J connectivity index is 0. The highest BCUT2D eigenvalue weighted by Crippen LogP contribution is 2.11. The number of nitrogens with one attached hydrogen (secondary N) is 2. The van der Waals surface area contributed by atoms with Crippen LogP contribution >= 0.6 is 0 Å². The molecule has 1 aliphatic heterocycles. The standard InChI is InChI=1S/C8H18N2.C3H8.C2H6/c1-3-10-7(2)8-4-5-9-6-8;1-3-2;1-2/h7-10H,3-6H2,1-2H3;3H2,1-2H3;1-2H3. The second-order valence-corrected chi connectivity index (χ2v) is 3.81. The van der Waals surface area contributed by atoms with Crippen LogP contribution in [-0.4, -0.2) is 25.7 Å². The fraction of sp³-hybridized carbons (Fsp3) is 1.00. The Morgan fingerprint density at radius 2 is 1.80 bits per heavy atom. The first kappa shape index (κ1) is 17.3. The van der Waals surface area contributed by atoms with E-state index in [1.807, 2.05) is 13.8 Å². The lowest BCUT2D eigenvalue weighted by Gasteiger charge is -2.18. The van der Waals surface area contributed by atoms with Crippen molar-refractivity contribution in [2.45, 2.75) is 60.4 Å². The quantitative estimate of drug-likeness (QED) is 0.758. The van der Waals surface area contributed by atoms with Crippen LogP contribution < -0.4 is 10.6 Å². The molecular formula is C13H32N2. The molecule has 1 rings (SSSR count). The highest BCUT2D eigenvalue weighted by molar-refractivity contribution is 4.79. The summed E-state index contributed by atoms with van der Waals surface area (Å²) in [5, 5.41) is 6.82. The van der Waals surface area contributed by atoms with Crippen LogP contribution in [0.25, 0.3) is 0 Å². The molecule has 0 aromatic rings. The summed E-state index contributed by atoms with van der Waals surface area (Å²) in [5.74, 6) is 0.861. The van der Waals surface area contributed by atoms with Gasteiger partial charge < -0.3 is 10.6 Å². The van der Waals surface area contributed by atoms with Gasteiger partial charge in [-0.3, -0.25) is 0 Å². The Bertz CT molecular complexity index is 98.7. The first-order valence-corrected chi connectivity index (χ1v) is 6.70. The largest absolute Gasteiger partial charge is 0.316 e. The summed E-state index contributed by atoms with van der Waals surface area (Å²) in [4.78, 5) is 0. The number of rotatable bonds is 3. The predicted octanol–water partition coefficient (Wildman–Crippen LogP) is 3.04. The Labute approximate surface area is 97.2 Å². The first-order valence-electron chi connectivity index (χ1n) is 6.70. The van der Waals surface area contributed by atoms with E-state index in [-0.39, 0.29) is 0 Å². The maximum Gasteiger partial charge on any atom is 0.00794 e. The molecule has 0 aromatic carbocycles. The van der Waals surface area contributed by atoms with Crippen LogP contribution in [0.1, 0.15) is 54.4 Å². The van der Waals surface area contributed by atoms with Gasteiger partial charge in [0.2, 0.25) is 0 Å². The lowest BCUT2D eigenvalue weighted by Crippen LogP contribution is -2.34. The summed E-state index contributed by atoms with van der Waals surface area (Å²) in [6.07, 6.45) is 2.59. The Morgan fingerprint density at radius 3 is 2.13 bits per heavy atom. The molecule has 1 aliphatic rings. The minimum Gasteiger partial charge on any atom is -0.316 e. The van der Waals surface area contributed by atoms with Crippen molar-refractivity contribution >= 4 is 0 Å². The normalized spacial score (nSPS) is 20.8. The van der Waals surface area contributed by atoms with Crippen molar-refractivity contribution in [3.8, 4) is 0 Å². The van der Waals surface area contributed by atoms with Crippen molar-refractivity contribution in [2.24, 2.45) is 5.92 Å². The SMILES string of the molecule is CC.CCC.CCNC(C)C1CCNC1. The molecule has 0 amide bonds. The molecule has 0 saturated carbocycles. The third-order valence-electron chi connectivity index (χ3n) is 2.33. The fourth-order valence-corrected chi connectivity index (χ4v) is 1.59. The van der Waals surface area contributed by atoms with E-state index in [9.17, 15) is 0 Å². The summed E-state index contributed by atoms with van der Waals surface area (Å²) in [7, 11) is 0. The molecule has 0 aliphatic carbocycles. The average Bonchev–Trinajstić information content (AvgIpc) is 2.75. The third-order valence-corrected chi connectivity index (χ3v) is 2.33. The Kier molecular flexibility index (Phi) is 16.1. The van der Waals surface area contributed by atoms with Gasteiger partial charge in [0, 0.05) is 6.04 Å². The molecule has 94 valence electrons. The third kappa shape index (κ3) is 10.2. The molecule has 0 radical (unpaired) electrons. The van der Waals surface area contributed by atoms with Crippen molar-refractivity contribution in [3.63, 3.8) is 0 Å². The van der Waals surface area contributed by atoms with Gasteiger partial charge in [-0.1, -0.05) is 41.0 Å². The zero-order chi connectivity index (χ0) is 12.1. The van der Waals surface area contributed by atoms with Gasteiger partial charge >= 0.3 is 0 Å². The fourth-order valence-electron chi connectivity index (χ4n) is 1.59.